The molecule has 0 aromatic heterocycles. The zero-order valence-electron chi connectivity index (χ0n) is 12.4. The van der Waals surface area contributed by atoms with Gasteiger partial charge in [0.1, 0.15) is 5.69 Å². The molecule has 0 atom stereocenters. The van der Waals surface area contributed by atoms with E-state index in [9.17, 15) is 17.2 Å². The van der Waals surface area contributed by atoms with Crippen LogP contribution in [0.3, 0.4) is 0 Å². The lowest BCUT2D eigenvalue weighted by atomic mass is 10.1. The van der Waals surface area contributed by atoms with Crippen molar-refractivity contribution in [2.45, 2.75) is 13.8 Å². The molecule has 22 heavy (non-hydrogen) atoms. The highest BCUT2D eigenvalue weighted by Gasteiger charge is 2.17. The summed E-state index contributed by atoms with van der Waals surface area (Å²) in [6, 6.07) is 7.46. The van der Waals surface area contributed by atoms with E-state index in [1.54, 1.807) is 6.07 Å². The minimum absolute atomic E-state index is 0.0543. The molecule has 0 aliphatic rings. The number of rotatable bonds is 4. The molecule has 0 aliphatic carbocycles. The van der Waals surface area contributed by atoms with Crippen molar-refractivity contribution in [1.82, 2.24) is 0 Å². The minimum atomic E-state index is -3.62. The third-order valence-electron chi connectivity index (χ3n) is 3.03. The predicted octanol–water partition coefficient (Wildman–Crippen LogP) is 3.70. The molecule has 7 heteroatoms. The number of anilines is 3. The van der Waals surface area contributed by atoms with Gasteiger partial charge in [-0.15, -0.1) is 0 Å². The highest BCUT2D eigenvalue weighted by molar-refractivity contribution is 7.92. The summed E-state index contributed by atoms with van der Waals surface area (Å²) in [7, 11) is -3.62. The van der Waals surface area contributed by atoms with Crippen LogP contribution in [0, 0.1) is 25.5 Å². The topological polar surface area (TPSA) is 58.2 Å². The summed E-state index contributed by atoms with van der Waals surface area (Å²) in [5.41, 5.74) is 2.11. The third-order valence-corrected chi connectivity index (χ3v) is 3.62. The van der Waals surface area contributed by atoms with Crippen molar-refractivity contribution in [1.29, 1.82) is 0 Å². The van der Waals surface area contributed by atoms with Gasteiger partial charge in [-0.25, -0.2) is 17.2 Å². The largest absolute Gasteiger partial charge is 0.351 e. The van der Waals surface area contributed by atoms with E-state index < -0.39 is 21.7 Å². The normalized spacial score (nSPS) is 11.3. The van der Waals surface area contributed by atoms with Crippen LogP contribution in [0.1, 0.15) is 11.1 Å². The van der Waals surface area contributed by atoms with Crippen LogP contribution in [0.15, 0.2) is 30.3 Å². The molecular weight excluding hydrogens is 310 g/mol. The van der Waals surface area contributed by atoms with E-state index in [0.717, 1.165) is 23.4 Å². The Hall–Kier alpha value is -2.15. The summed E-state index contributed by atoms with van der Waals surface area (Å²) in [4.78, 5) is 0. The molecule has 0 heterocycles. The first-order chi connectivity index (χ1) is 10.2. The van der Waals surface area contributed by atoms with Gasteiger partial charge in [0.2, 0.25) is 10.0 Å². The summed E-state index contributed by atoms with van der Waals surface area (Å²) in [6.45, 7) is 3.73. The van der Waals surface area contributed by atoms with Crippen molar-refractivity contribution in [3.8, 4) is 0 Å². The molecule has 0 unspecified atom stereocenters. The van der Waals surface area contributed by atoms with Crippen molar-refractivity contribution < 1.29 is 17.2 Å². The summed E-state index contributed by atoms with van der Waals surface area (Å²) in [5.74, 6) is -2.21. The molecule has 0 amide bonds. The molecule has 0 bridgehead atoms. The number of hydrogen-bond donors (Lipinski definition) is 2. The van der Waals surface area contributed by atoms with Gasteiger partial charge in [0.05, 0.1) is 11.9 Å². The van der Waals surface area contributed by atoms with Crippen molar-refractivity contribution in [3.05, 3.63) is 53.1 Å². The molecule has 0 aliphatic heterocycles. The molecule has 2 aromatic rings. The zero-order chi connectivity index (χ0) is 16.5. The van der Waals surface area contributed by atoms with Crippen LogP contribution in [-0.2, 0) is 10.0 Å². The lowest BCUT2D eigenvalue weighted by molar-refractivity contribution is 0.512. The second-order valence-electron chi connectivity index (χ2n) is 5.10. The van der Waals surface area contributed by atoms with Crippen LogP contribution in [0.25, 0.3) is 0 Å². The number of sulfonamides is 1. The maximum Gasteiger partial charge on any atom is 0.229 e. The predicted molar refractivity (Wildman–Crippen MR) is 84.0 cm³/mol. The molecule has 0 fully saturated rings. The molecule has 2 rings (SSSR count). The van der Waals surface area contributed by atoms with Crippen molar-refractivity contribution in [2.24, 2.45) is 0 Å². The number of halogens is 2. The van der Waals surface area contributed by atoms with Gasteiger partial charge in [-0.05, 0) is 37.6 Å². The van der Waals surface area contributed by atoms with Crippen LogP contribution in [0.2, 0.25) is 0 Å². The fourth-order valence-corrected chi connectivity index (χ4v) is 2.62. The van der Waals surface area contributed by atoms with Gasteiger partial charge in [-0.2, -0.15) is 0 Å². The average Bonchev–Trinajstić information content (AvgIpc) is 2.39. The van der Waals surface area contributed by atoms with Crippen LogP contribution in [0.5, 0.6) is 0 Å². The molecule has 0 saturated heterocycles. The monoisotopic (exact) mass is 326 g/mol. The van der Waals surface area contributed by atoms with Crippen molar-refractivity contribution in [3.63, 3.8) is 0 Å². The van der Waals surface area contributed by atoms with Crippen LogP contribution in [0.4, 0.5) is 25.8 Å². The van der Waals surface area contributed by atoms with Crippen LogP contribution < -0.4 is 10.0 Å². The Kier molecular flexibility index (Phi) is 4.37. The minimum Gasteiger partial charge on any atom is -0.351 e. The molecular formula is C15H16F2N2O2S. The first-order valence-electron chi connectivity index (χ1n) is 6.47. The molecule has 0 radical (unpaired) electrons. The molecule has 0 spiro atoms. The van der Waals surface area contributed by atoms with Gasteiger partial charge in [0.25, 0.3) is 0 Å². The molecule has 4 nitrogen and oxygen atoms in total. The van der Waals surface area contributed by atoms with Gasteiger partial charge in [0.15, 0.2) is 11.6 Å². The fourth-order valence-electron chi connectivity index (χ4n) is 2.05. The second-order valence-corrected chi connectivity index (χ2v) is 6.85. The Labute approximate surface area is 128 Å². The van der Waals surface area contributed by atoms with Gasteiger partial charge in [-0.1, -0.05) is 17.7 Å². The van der Waals surface area contributed by atoms with Crippen molar-refractivity contribution >= 4 is 27.1 Å². The van der Waals surface area contributed by atoms with E-state index >= 15 is 0 Å². The summed E-state index contributed by atoms with van der Waals surface area (Å²) >= 11 is 0. The Bertz CT molecular complexity index is 821. The quantitative estimate of drug-likeness (QED) is 0.901. The first-order valence-corrected chi connectivity index (χ1v) is 8.36. The standard InChI is InChI=1S/C15H16F2N2O2S/c1-9-4-6-12(10(2)8-9)18-15-13(19-22(3,20)21)7-5-11(16)14(15)17/h4-8,18-19H,1-3H3. The molecule has 118 valence electrons. The van der Waals surface area contributed by atoms with E-state index in [-0.39, 0.29) is 11.4 Å². The van der Waals surface area contributed by atoms with E-state index in [1.165, 1.54) is 6.07 Å². The zero-order valence-corrected chi connectivity index (χ0v) is 13.2. The maximum atomic E-state index is 14.1. The summed E-state index contributed by atoms with van der Waals surface area (Å²) in [5, 5.41) is 2.76. The lowest BCUT2D eigenvalue weighted by Crippen LogP contribution is -2.12. The number of hydrogen-bond acceptors (Lipinski definition) is 3. The molecule has 2 N–H and O–H groups in total. The molecule has 2 aromatic carbocycles. The Balaban J connectivity index is 2.50. The van der Waals surface area contributed by atoms with E-state index in [4.69, 9.17) is 0 Å². The van der Waals surface area contributed by atoms with Gasteiger partial charge < -0.3 is 5.32 Å². The Morgan fingerprint density at radius 1 is 1.00 bits per heavy atom. The van der Waals surface area contributed by atoms with Gasteiger partial charge in [-0.3, -0.25) is 4.72 Å². The van der Waals surface area contributed by atoms with E-state index in [2.05, 4.69) is 10.0 Å². The summed E-state index contributed by atoms with van der Waals surface area (Å²) < 4.78 is 52.4. The van der Waals surface area contributed by atoms with Gasteiger partial charge >= 0.3 is 0 Å². The van der Waals surface area contributed by atoms with Crippen molar-refractivity contribution in [2.75, 3.05) is 16.3 Å². The fraction of sp³-hybridized carbons (Fsp3) is 0.200. The number of aryl methyl sites for hydroxylation is 2. The SMILES string of the molecule is Cc1ccc(Nc2c(NS(C)(=O)=O)ccc(F)c2F)c(C)c1. The molecule has 0 saturated carbocycles. The Morgan fingerprint density at radius 2 is 1.64 bits per heavy atom. The lowest BCUT2D eigenvalue weighted by Gasteiger charge is -2.16. The van der Waals surface area contributed by atoms with Gasteiger partial charge in [0, 0.05) is 5.69 Å². The average molecular weight is 326 g/mol. The smallest absolute Gasteiger partial charge is 0.229 e. The van der Waals surface area contributed by atoms with Crippen LogP contribution >= 0.6 is 0 Å². The number of nitrogens with one attached hydrogen (secondary N) is 2. The highest BCUT2D eigenvalue weighted by atomic mass is 32.2. The third kappa shape index (κ3) is 3.73. The highest BCUT2D eigenvalue weighted by Crippen LogP contribution is 2.32. The Morgan fingerprint density at radius 3 is 2.23 bits per heavy atom. The maximum absolute atomic E-state index is 14.1. The van der Waals surface area contributed by atoms with Crippen LogP contribution in [-0.4, -0.2) is 14.7 Å². The first kappa shape index (κ1) is 16.2. The number of benzene rings is 2. The van der Waals surface area contributed by atoms with E-state index in [0.29, 0.717) is 5.69 Å². The van der Waals surface area contributed by atoms with E-state index in [1.807, 2.05) is 26.0 Å². The second kappa shape index (κ2) is 5.92. The summed E-state index contributed by atoms with van der Waals surface area (Å²) in [6.07, 6.45) is 0.940.